The van der Waals surface area contributed by atoms with Crippen molar-refractivity contribution in [3.8, 4) is 0 Å². The van der Waals surface area contributed by atoms with E-state index in [1.165, 1.54) is 9.13 Å². The number of amidine groups is 1. The maximum absolute atomic E-state index is 5.69. The zero-order chi connectivity index (χ0) is 15.4. The van der Waals surface area contributed by atoms with Gasteiger partial charge in [0.05, 0.1) is 0 Å². The van der Waals surface area contributed by atoms with Crippen molar-refractivity contribution < 1.29 is 26.2 Å². The van der Waals surface area contributed by atoms with Gasteiger partial charge < -0.3 is 0 Å². The summed E-state index contributed by atoms with van der Waals surface area (Å²) in [6.07, 6.45) is 0. The van der Waals surface area contributed by atoms with Crippen molar-refractivity contribution in [2.75, 3.05) is 13.2 Å². The molecule has 1 atom stereocenters. The fourth-order valence-corrected chi connectivity index (χ4v) is 5.30. The van der Waals surface area contributed by atoms with Gasteiger partial charge in [0, 0.05) is 0 Å². The summed E-state index contributed by atoms with van der Waals surface area (Å²) < 4.78 is 12.7. The molecule has 3 nitrogen and oxygen atoms in total. The van der Waals surface area contributed by atoms with Crippen molar-refractivity contribution >= 4 is 37.7 Å². The number of ether oxygens (including phenoxy) is 1. The average molecular weight is 537 g/mol. The third-order valence-corrected chi connectivity index (χ3v) is 7.45. The Balaban J connectivity index is 1.68. The van der Waals surface area contributed by atoms with Crippen molar-refractivity contribution in [1.29, 1.82) is 0 Å². The minimum absolute atomic E-state index is 0.0924. The van der Waals surface area contributed by atoms with Gasteiger partial charge in [-0.15, -0.1) is 0 Å². The summed E-state index contributed by atoms with van der Waals surface area (Å²) in [6, 6.07) is 16.7. The monoisotopic (exact) mass is 535 g/mol. The predicted octanol–water partition coefficient (Wildman–Crippen LogP) is 1.14. The van der Waals surface area contributed by atoms with Gasteiger partial charge in [0.2, 0.25) is 0 Å². The quantitative estimate of drug-likeness (QED) is 0.363. The van der Waals surface area contributed by atoms with Crippen LogP contribution in [0.15, 0.2) is 62.5 Å². The number of halogens is 3. The zero-order valence-electron chi connectivity index (χ0n) is 11.6. The summed E-state index contributed by atoms with van der Waals surface area (Å²) in [6.45, 7) is 1.21. The Bertz CT molecular complexity index is 679. The van der Waals surface area contributed by atoms with Crippen LogP contribution < -0.4 is 25.0 Å². The van der Waals surface area contributed by atoms with Gasteiger partial charge >= 0.3 is 158 Å². The molecule has 0 amide bonds. The van der Waals surface area contributed by atoms with Crippen LogP contribution in [0.3, 0.4) is 0 Å². The van der Waals surface area contributed by atoms with Gasteiger partial charge in [-0.25, -0.2) is 0 Å². The molecule has 0 unspecified atom stereocenters. The van der Waals surface area contributed by atoms with Crippen LogP contribution in [0.2, 0.25) is 0 Å². The summed E-state index contributed by atoms with van der Waals surface area (Å²) in [5, 5.41) is 0. The van der Waals surface area contributed by atoms with Gasteiger partial charge in [-0.3, -0.25) is 0 Å². The number of benzene rings is 2. The summed E-state index contributed by atoms with van der Waals surface area (Å²) >= 11 is 6.73. The van der Waals surface area contributed by atoms with Crippen LogP contribution >= 0.6 is 31.9 Å². The molecule has 6 heteroatoms. The van der Waals surface area contributed by atoms with E-state index in [1.807, 2.05) is 18.2 Å². The molecule has 2 aromatic rings. The van der Waals surface area contributed by atoms with Crippen LogP contribution in [0.25, 0.3) is 0 Å². The second-order valence-electron chi connectivity index (χ2n) is 4.76. The van der Waals surface area contributed by atoms with Gasteiger partial charge in [-0.05, 0) is 0 Å². The number of nitrogens with zero attached hydrogens (tertiary/aromatic N) is 1. The molecule has 0 saturated heterocycles. The Kier molecular flexibility index (Phi) is 5.89. The molecular formula is C16H14Br2IN2O-. The van der Waals surface area contributed by atoms with Gasteiger partial charge in [0.1, 0.15) is 0 Å². The van der Waals surface area contributed by atoms with Crippen molar-refractivity contribution in [2.24, 2.45) is 4.99 Å². The Morgan fingerprint density at radius 1 is 1.14 bits per heavy atom. The van der Waals surface area contributed by atoms with E-state index in [-0.39, 0.29) is 27.5 Å². The fraction of sp³-hybridized carbons (Fsp3) is 0.188. The first-order chi connectivity index (χ1) is 10.7. The van der Waals surface area contributed by atoms with Gasteiger partial charge in [0.15, 0.2) is 0 Å². The molecule has 0 radical (unpaired) electrons. The fourth-order valence-electron chi connectivity index (χ4n) is 2.08. The molecule has 0 spiro atoms. The average Bonchev–Trinajstić information content (AvgIpc) is 2.55. The molecule has 0 fully saturated rings. The van der Waals surface area contributed by atoms with E-state index >= 15 is 0 Å². The van der Waals surface area contributed by atoms with Gasteiger partial charge in [-0.1, -0.05) is 0 Å². The number of rotatable bonds is 3. The van der Waals surface area contributed by atoms with Crippen LogP contribution in [0.5, 0.6) is 0 Å². The van der Waals surface area contributed by atoms with Crippen LogP contribution in [0.1, 0.15) is 11.6 Å². The molecule has 1 aliphatic rings. The number of hydrogen-bond acceptors (Lipinski definition) is 3. The number of aliphatic imine (C=N–C) groups is 1. The third kappa shape index (κ3) is 4.31. The van der Waals surface area contributed by atoms with Crippen molar-refractivity contribution in [2.45, 2.75) is 6.04 Å². The second-order valence-corrected chi connectivity index (χ2v) is 8.78. The Morgan fingerprint density at radius 3 is 2.73 bits per heavy atom. The van der Waals surface area contributed by atoms with Crippen molar-refractivity contribution in [3.05, 3.63) is 66.6 Å². The number of hydrogen-bond donors (Lipinski definition) is 1. The zero-order valence-corrected chi connectivity index (χ0v) is 16.9. The van der Waals surface area contributed by atoms with Crippen LogP contribution in [0.4, 0.5) is 0 Å². The normalized spacial score (nSPS) is 18.1. The van der Waals surface area contributed by atoms with Crippen molar-refractivity contribution in [3.63, 3.8) is 0 Å². The molecule has 1 N–H and O–H groups in total. The van der Waals surface area contributed by atoms with E-state index in [2.05, 4.69) is 65.7 Å². The molecule has 2 aromatic carbocycles. The Morgan fingerprint density at radius 2 is 1.95 bits per heavy atom. The molecule has 22 heavy (non-hydrogen) atoms. The SMILES string of the molecule is Brc1ccc([I-]NC2=N[C@@H](c3ccccc3)COC2)c(Br)c1. The summed E-state index contributed by atoms with van der Waals surface area (Å²) in [5.41, 5.74) is 1.20. The van der Waals surface area contributed by atoms with Crippen LogP contribution in [-0.2, 0) is 4.74 Å². The Hall–Kier alpha value is -0.440. The predicted molar refractivity (Wildman–Crippen MR) is 91.1 cm³/mol. The molecule has 0 saturated carbocycles. The summed E-state index contributed by atoms with van der Waals surface area (Å²) in [7, 11) is 0. The van der Waals surface area contributed by atoms with Crippen molar-refractivity contribution in [1.82, 2.24) is 3.53 Å². The van der Waals surface area contributed by atoms with E-state index in [1.54, 1.807) is 0 Å². The number of nitrogens with one attached hydrogen (secondary N) is 1. The molecule has 1 aliphatic heterocycles. The van der Waals surface area contributed by atoms with E-state index in [9.17, 15) is 0 Å². The molecule has 116 valence electrons. The summed E-state index contributed by atoms with van der Waals surface area (Å²) in [4.78, 5) is 4.80. The van der Waals surface area contributed by atoms with Crippen LogP contribution in [0, 0.1) is 3.57 Å². The topological polar surface area (TPSA) is 33.6 Å². The summed E-state index contributed by atoms with van der Waals surface area (Å²) in [5.74, 6) is 0.947. The first-order valence-electron chi connectivity index (χ1n) is 6.76. The molecule has 0 bridgehead atoms. The molecular weight excluding hydrogens is 523 g/mol. The minimum atomic E-state index is -0.351. The van der Waals surface area contributed by atoms with Gasteiger partial charge in [0.25, 0.3) is 0 Å². The molecule has 0 aromatic heterocycles. The standard InChI is InChI=1S/C16H14Br2IN2O/c17-12-6-7-14(13(18)8-12)19-21-16-10-22-9-15(20-16)11-4-2-1-3-5-11/h1-8,15H,9-10H2,(H,20,21)/q-1/t15-/m1/s1. The van der Waals surface area contributed by atoms with E-state index in [4.69, 9.17) is 9.73 Å². The van der Waals surface area contributed by atoms with Gasteiger partial charge in [-0.2, -0.15) is 0 Å². The van der Waals surface area contributed by atoms with E-state index in [0.29, 0.717) is 13.2 Å². The molecule has 1 heterocycles. The van der Waals surface area contributed by atoms with E-state index < -0.39 is 0 Å². The third-order valence-electron chi connectivity index (χ3n) is 3.15. The first-order valence-corrected chi connectivity index (χ1v) is 10.5. The first kappa shape index (κ1) is 16.4. The Labute approximate surface area is 157 Å². The molecule has 0 aliphatic carbocycles. The second kappa shape index (κ2) is 7.90. The molecule has 3 rings (SSSR count). The van der Waals surface area contributed by atoms with E-state index in [0.717, 1.165) is 14.8 Å². The maximum atomic E-state index is 5.69. The van der Waals surface area contributed by atoms with Crippen LogP contribution in [-0.4, -0.2) is 19.0 Å².